The molecule has 112 valence electrons. The van der Waals surface area contributed by atoms with Crippen LogP contribution in [0.4, 0.5) is 0 Å². The summed E-state index contributed by atoms with van der Waals surface area (Å²) in [6.45, 7) is 0. The van der Waals surface area contributed by atoms with Crippen LogP contribution in [0, 0.1) is 11.3 Å². The van der Waals surface area contributed by atoms with Crippen molar-refractivity contribution in [1.82, 2.24) is 9.97 Å². The number of benzene rings is 1. The van der Waals surface area contributed by atoms with Gasteiger partial charge >= 0.3 is 0 Å². The quantitative estimate of drug-likeness (QED) is 0.322. The summed E-state index contributed by atoms with van der Waals surface area (Å²) in [5.74, 6) is -0.292. The van der Waals surface area contributed by atoms with Gasteiger partial charge in [-0.25, -0.2) is 0 Å². The van der Waals surface area contributed by atoms with E-state index < -0.39 is 0 Å². The lowest BCUT2D eigenvalue weighted by Gasteiger charge is -2.06. The smallest absolute Gasteiger partial charge is 0.204 e. The number of rotatable bonds is 2. The third kappa shape index (κ3) is 2.03. The van der Waals surface area contributed by atoms with Crippen molar-refractivity contribution < 1.29 is 4.79 Å². The number of allylic oxidation sites excluding steroid dienone is 1. The van der Waals surface area contributed by atoms with E-state index >= 15 is 0 Å². The van der Waals surface area contributed by atoms with E-state index in [1.165, 1.54) is 0 Å². The van der Waals surface area contributed by atoms with Crippen molar-refractivity contribution in [1.29, 1.82) is 5.26 Å². The maximum absolute atomic E-state index is 12.9. The van der Waals surface area contributed by atoms with Gasteiger partial charge in [-0.1, -0.05) is 42.5 Å². The van der Waals surface area contributed by atoms with Crippen LogP contribution in [0.2, 0.25) is 0 Å². The lowest BCUT2D eigenvalue weighted by atomic mass is 9.94. The lowest BCUT2D eigenvalue weighted by molar-refractivity contribution is 0.103. The minimum absolute atomic E-state index is 0.113. The molecular weight excluding hydrogens is 298 g/mol. The first-order valence-electron chi connectivity index (χ1n) is 7.46. The number of Topliss-reactive ketones (excluding diaryl/α,β-unsaturated/α-hetero) is 1. The number of hydrogen-bond donors (Lipinski definition) is 0. The van der Waals surface area contributed by atoms with Gasteiger partial charge in [0, 0.05) is 34.7 Å². The summed E-state index contributed by atoms with van der Waals surface area (Å²) in [7, 11) is 0. The molecule has 24 heavy (non-hydrogen) atoms. The third-order valence-corrected chi connectivity index (χ3v) is 4.00. The molecule has 0 aliphatic heterocycles. The lowest BCUT2D eigenvalue weighted by Crippen LogP contribution is -2.05. The SMILES string of the molecule is N#CC(C(=O)c1ccccc1)=C1c2cccnc2-c2ncccc21. The molecule has 0 spiro atoms. The molecule has 0 atom stereocenters. The summed E-state index contributed by atoms with van der Waals surface area (Å²) in [6, 6.07) is 18.3. The fourth-order valence-corrected chi connectivity index (χ4v) is 2.96. The Labute approximate surface area is 138 Å². The molecule has 0 N–H and O–H groups in total. The van der Waals surface area contributed by atoms with Gasteiger partial charge in [0.1, 0.15) is 11.6 Å². The van der Waals surface area contributed by atoms with Crippen LogP contribution in [0.5, 0.6) is 0 Å². The number of fused-ring (bicyclic) bond motifs is 3. The van der Waals surface area contributed by atoms with Crippen molar-refractivity contribution in [3.63, 3.8) is 0 Å². The van der Waals surface area contributed by atoms with Crippen LogP contribution < -0.4 is 0 Å². The highest BCUT2D eigenvalue weighted by molar-refractivity contribution is 6.19. The van der Waals surface area contributed by atoms with Crippen molar-refractivity contribution in [3.05, 3.63) is 89.3 Å². The Balaban J connectivity index is 2.01. The molecule has 0 bridgehead atoms. The Morgan fingerprint density at radius 2 is 1.42 bits per heavy atom. The van der Waals surface area contributed by atoms with Crippen LogP contribution in [0.25, 0.3) is 17.0 Å². The van der Waals surface area contributed by atoms with Gasteiger partial charge in [0.15, 0.2) is 0 Å². The van der Waals surface area contributed by atoms with E-state index in [1.807, 2.05) is 18.2 Å². The number of aromatic nitrogens is 2. The van der Waals surface area contributed by atoms with Crippen LogP contribution in [-0.4, -0.2) is 15.8 Å². The molecule has 1 aromatic carbocycles. The molecule has 0 saturated heterocycles. The van der Waals surface area contributed by atoms with Crippen LogP contribution in [0.15, 0.2) is 72.6 Å². The summed E-state index contributed by atoms with van der Waals surface area (Å²) >= 11 is 0. The van der Waals surface area contributed by atoms with E-state index in [1.54, 1.807) is 48.8 Å². The second-order valence-electron chi connectivity index (χ2n) is 5.36. The standard InChI is InChI=1S/C20H11N3O/c21-12-16(20(24)13-6-2-1-3-7-13)17-14-8-4-10-22-18(14)19-15(17)9-5-11-23-19/h1-11H. The number of ketones is 1. The molecule has 2 aromatic heterocycles. The van der Waals surface area contributed by atoms with E-state index in [4.69, 9.17) is 0 Å². The molecule has 1 aliphatic rings. The monoisotopic (exact) mass is 309 g/mol. The Morgan fingerprint density at radius 3 is 1.96 bits per heavy atom. The van der Waals surface area contributed by atoms with E-state index in [-0.39, 0.29) is 11.4 Å². The molecule has 0 unspecified atom stereocenters. The van der Waals surface area contributed by atoms with Crippen molar-refractivity contribution in [3.8, 4) is 17.5 Å². The number of carbonyl (C=O) groups is 1. The second kappa shape index (κ2) is 5.56. The van der Waals surface area contributed by atoms with Crippen molar-refractivity contribution in [2.45, 2.75) is 0 Å². The van der Waals surface area contributed by atoms with Gasteiger partial charge in [0.05, 0.1) is 11.4 Å². The zero-order chi connectivity index (χ0) is 16.5. The molecule has 3 aromatic rings. The minimum atomic E-state index is -0.292. The van der Waals surface area contributed by atoms with Crippen molar-refractivity contribution in [2.75, 3.05) is 0 Å². The highest BCUT2D eigenvalue weighted by atomic mass is 16.1. The van der Waals surface area contributed by atoms with Gasteiger partial charge in [-0.2, -0.15) is 5.26 Å². The van der Waals surface area contributed by atoms with E-state index in [2.05, 4.69) is 16.0 Å². The molecule has 1 aliphatic carbocycles. The average Bonchev–Trinajstić information content (AvgIpc) is 2.98. The Hall–Kier alpha value is -3.58. The van der Waals surface area contributed by atoms with E-state index in [0.717, 1.165) is 11.1 Å². The topological polar surface area (TPSA) is 66.6 Å². The zero-order valence-corrected chi connectivity index (χ0v) is 12.6. The predicted molar refractivity (Wildman–Crippen MR) is 89.9 cm³/mol. The molecule has 0 amide bonds. The van der Waals surface area contributed by atoms with Gasteiger partial charge < -0.3 is 0 Å². The highest BCUT2D eigenvalue weighted by Gasteiger charge is 2.30. The van der Waals surface area contributed by atoms with E-state index in [9.17, 15) is 10.1 Å². The molecular formula is C20H11N3O. The fraction of sp³-hybridized carbons (Fsp3) is 0. The van der Waals surface area contributed by atoms with Crippen LogP contribution in [-0.2, 0) is 0 Å². The maximum Gasteiger partial charge on any atom is 0.204 e. The van der Waals surface area contributed by atoms with Crippen LogP contribution >= 0.6 is 0 Å². The minimum Gasteiger partial charge on any atom is -0.288 e. The fourth-order valence-electron chi connectivity index (χ4n) is 2.96. The van der Waals surface area contributed by atoms with Gasteiger partial charge in [0.25, 0.3) is 0 Å². The van der Waals surface area contributed by atoms with Crippen LogP contribution in [0.1, 0.15) is 21.5 Å². The predicted octanol–water partition coefficient (Wildman–Crippen LogP) is 3.67. The average molecular weight is 309 g/mol. The summed E-state index contributed by atoms with van der Waals surface area (Å²) in [4.78, 5) is 21.6. The van der Waals surface area contributed by atoms with Crippen molar-refractivity contribution >= 4 is 11.4 Å². The number of nitrogens with zero attached hydrogens (tertiary/aromatic N) is 3. The molecule has 0 saturated carbocycles. The first-order chi connectivity index (χ1) is 11.8. The third-order valence-electron chi connectivity index (χ3n) is 4.00. The number of carbonyl (C=O) groups excluding carboxylic acids is 1. The summed E-state index contributed by atoms with van der Waals surface area (Å²) in [5, 5.41) is 9.70. The second-order valence-corrected chi connectivity index (χ2v) is 5.36. The first kappa shape index (κ1) is 14.0. The molecule has 4 heteroatoms. The first-order valence-corrected chi connectivity index (χ1v) is 7.46. The zero-order valence-electron chi connectivity index (χ0n) is 12.6. The molecule has 4 nitrogen and oxygen atoms in total. The highest BCUT2D eigenvalue weighted by Crippen LogP contribution is 2.43. The Morgan fingerprint density at radius 1 is 0.833 bits per heavy atom. The number of nitriles is 1. The van der Waals surface area contributed by atoms with Gasteiger partial charge in [-0.3, -0.25) is 14.8 Å². The normalized spacial score (nSPS) is 11.4. The van der Waals surface area contributed by atoms with Gasteiger partial charge in [-0.05, 0) is 12.1 Å². The Kier molecular flexibility index (Phi) is 3.25. The van der Waals surface area contributed by atoms with Gasteiger partial charge in [-0.15, -0.1) is 0 Å². The molecule has 0 radical (unpaired) electrons. The molecule has 0 fully saturated rings. The van der Waals surface area contributed by atoms with Gasteiger partial charge in [0.2, 0.25) is 5.78 Å². The number of hydrogen-bond acceptors (Lipinski definition) is 4. The largest absolute Gasteiger partial charge is 0.288 e. The Bertz CT molecular complexity index is 983. The van der Waals surface area contributed by atoms with Crippen molar-refractivity contribution in [2.24, 2.45) is 0 Å². The molecule has 4 rings (SSSR count). The maximum atomic E-state index is 12.9. The molecule has 2 heterocycles. The summed E-state index contributed by atoms with van der Waals surface area (Å²) in [5.41, 5.74) is 4.16. The van der Waals surface area contributed by atoms with E-state index in [0.29, 0.717) is 22.5 Å². The number of pyridine rings is 2. The summed E-state index contributed by atoms with van der Waals surface area (Å²) in [6.07, 6.45) is 3.37. The van der Waals surface area contributed by atoms with Crippen LogP contribution in [0.3, 0.4) is 0 Å². The summed E-state index contributed by atoms with van der Waals surface area (Å²) < 4.78 is 0.